The number of ether oxygens (including phenoxy) is 2. The Balaban J connectivity index is 2.54. The number of halogens is 2. The first kappa shape index (κ1) is 18.1. The fraction of sp³-hybridized carbons (Fsp3) is 0.214. The smallest absolute Gasteiger partial charge is 0.387 e. The van der Waals surface area contributed by atoms with Gasteiger partial charge in [0.2, 0.25) is 0 Å². The van der Waals surface area contributed by atoms with Gasteiger partial charge < -0.3 is 15.2 Å². The number of carbonyl (C=O) groups excluding carboxylic acids is 3. The van der Waals surface area contributed by atoms with Gasteiger partial charge in [0.05, 0.1) is 0 Å². The molecule has 0 unspecified atom stereocenters. The third-order valence-corrected chi connectivity index (χ3v) is 2.43. The van der Waals surface area contributed by atoms with Gasteiger partial charge >= 0.3 is 18.6 Å². The lowest BCUT2D eigenvalue weighted by Gasteiger charge is -2.10. The molecule has 0 spiro atoms. The fourth-order valence-corrected chi connectivity index (χ4v) is 1.41. The fourth-order valence-electron chi connectivity index (χ4n) is 1.41. The maximum Gasteiger partial charge on any atom is 0.387 e. The van der Waals surface area contributed by atoms with Crippen molar-refractivity contribution in [1.82, 2.24) is 5.32 Å². The Bertz CT molecular complexity index is 602. The standard InChI is InChI=1S/C14H14F2N2O5/c1-8(12(20)18-14(17)21)22-11(19)7-4-9-2-5-10(6-3-9)23-13(15)16/h2-8,13H,1H3,(H3,17,18,20,21)/b7-4+/t8-/m1/s1. The molecule has 0 aliphatic rings. The van der Waals surface area contributed by atoms with Gasteiger partial charge in [-0.25, -0.2) is 9.59 Å². The van der Waals surface area contributed by atoms with E-state index in [1.54, 1.807) is 5.32 Å². The summed E-state index contributed by atoms with van der Waals surface area (Å²) in [5.41, 5.74) is 5.28. The Kier molecular flexibility index (Phi) is 6.66. The Morgan fingerprint density at radius 2 is 1.83 bits per heavy atom. The van der Waals surface area contributed by atoms with Gasteiger partial charge in [0.15, 0.2) is 6.10 Å². The van der Waals surface area contributed by atoms with E-state index < -0.39 is 30.6 Å². The molecule has 1 atom stereocenters. The van der Waals surface area contributed by atoms with Crippen LogP contribution in [0, 0.1) is 0 Å². The van der Waals surface area contributed by atoms with E-state index in [4.69, 9.17) is 10.5 Å². The molecule has 0 aromatic heterocycles. The zero-order valence-electron chi connectivity index (χ0n) is 12.0. The van der Waals surface area contributed by atoms with Gasteiger partial charge in [-0.05, 0) is 30.7 Å². The zero-order valence-corrected chi connectivity index (χ0v) is 12.0. The first-order valence-electron chi connectivity index (χ1n) is 6.32. The molecule has 3 amide bonds. The summed E-state index contributed by atoms with van der Waals surface area (Å²) in [5.74, 6) is -1.70. The molecule has 0 fully saturated rings. The number of carbonyl (C=O) groups is 3. The highest BCUT2D eigenvalue weighted by atomic mass is 19.3. The summed E-state index contributed by atoms with van der Waals surface area (Å²) in [5, 5.41) is 1.77. The number of rotatable bonds is 6. The van der Waals surface area contributed by atoms with Crippen LogP contribution >= 0.6 is 0 Å². The molecular formula is C14H14F2N2O5. The summed E-state index contributed by atoms with van der Waals surface area (Å²) in [4.78, 5) is 33.3. The number of nitrogens with one attached hydrogen (secondary N) is 1. The molecule has 9 heteroatoms. The van der Waals surface area contributed by atoms with Gasteiger partial charge in [0, 0.05) is 6.08 Å². The van der Waals surface area contributed by atoms with E-state index >= 15 is 0 Å². The van der Waals surface area contributed by atoms with Crippen molar-refractivity contribution in [2.45, 2.75) is 19.6 Å². The maximum atomic E-state index is 12.0. The van der Waals surface area contributed by atoms with Crippen LogP contribution in [0.3, 0.4) is 0 Å². The van der Waals surface area contributed by atoms with Crippen LogP contribution in [-0.4, -0.2) is 30.6 Å². The van der Waals surface area contributed by atoms with E-state index in [1.807, 2.05) is 0 Å². The van der Waals surface area contributed by atoms with Crippen molar-refractivity contribution in [3.05, 3.63) is 35.9 Å². The van der Waals surface area contributed by atoms with Gasteiger partial charge in [0.25, 0.3) is 5.91 Å². The lowest BCUT2D eigenvalue weighted by Crippen LogP contribution is -2.42. The monoisotopic (exact) mass is 328 g/mol. The second kappa shape index (κ2) is 8.47. The van der Waals surface area contributed by atoms with Crippen LogP contribution in [0.25, 0.3) is 6.08 Å². The number of imide groups is 1. The Morgan fingerprint density at radius 1 is 1.22 bits per heavy atom. The SMILES string of the molecule is C[C@@H](OC(=O)/C=C/c1ccc(OC(F)F)cc1)C(=O)NC(N)=O. The molecule has 0 saturated carbocycles. The van der Waals surface area contributed by atoms with Crippen molar-refractivity contribution in [3.8, 4) is 5.75 Å². The van der Waals surface area contributed by atoms with Crippen LogP contribution in [0.1, 0.15) is 12.5 Å². The third-order valence-electron chi connectivity index (χ3n) is 2.43. The molecule has 0 aliphatic heterocycles. The van der Waals surface area contributed by atoms with Gasteiger partial charge in [-0.2, -0.15) is 8.78 Å². The molecule has 1 rings (SSSR count). The summed E-state index contributed by atoms with van der Waals surface area (Å²) >= 11 is 0. The van der Waals surface area contributed by atoms with Crippen molar-refractivity contribution in [2.75, 3.05) is 0 Å². The minimum absolute atomic E-state index is 0.0172. The highest BCUT2D eigenvalue weighted by Gasteiger charge is 2.17. The molecule has 0 aliphatic carbocycles. The van der Waals surface area contributed by atoms with E-state index in [0.717, 1.165) is 6.08 Å². The second-order valence-corrected chi connectivity index (χ2v) is 4.21. The minimum atomic E-state index is -2.92. The third kappa shape index (κ3) is 7.02. The molecule has 1 aromatic carbocycles. The summed E-state index contributed by atoms with van der Waals surface area (Å²) in [6.07, 6.45) is 1.19. The van der Waals surface area contributed by atoms with Crippen LogP contribution in [0.5, 0.6) is 5.75 Å². The Hall–Kier alpha value is -2.97. The van der Waals surface area contributed by atoms with Gasteiger partial charge in [-0.1, -0.05) is 12.1 Å². The molecule has 7 nitrogen and oxygen atoms in total. The molecule has 3 N–H and O–H groups in total. The van der Waals surface area contributed by atoms with E-state index in [0.29, 0.717) is 5.56 Å². The number of nitrogens with two attached hydrogens (primary N) is 1. The average molecular weight is 328 g/mol. The van der Waals surface area contributed by atoms with Crippen LogP contribution in [-0.2, 0) is 14.3 Å². The largest absolute Gasteiger partial charge is 0.449 e. The number of esters is 1. The average Bonchev–Trinajstić information content (AvgIpc) is 2.45. The Morgan fingerprint density at radius 3 is 2.35 bits per heavy atom. The van der Waals surface area contributed by atoms with E-state index in [2.05, 4.69) is 4.74 Å². The normalized spacial score (nSPS) is 12.0. The molecule has 124 valence electrons. The molecule has 0 radical (unpaired) electrons. The number of benzene rings is 1. The second-order valence-electron chi connectivity index (χ2n) is 4.21. The number of hydrogen-bond donors (Lipinski definition) is 2. The number of hydrogen-bond acceptors (Lipinski definition) is 5. The van der Waals surface area contributed by atoms with E-state index in [-0.39, 0.29) is 5.75 Å². The lowest BCUT2D eigenvalue weighted by molar-refractivity contribution is -0.149. The van der Waals surface area contributed by atoms with Crippen molar-refractivity contribution in [3.63, 3.8) is 0 Å². The lowest BCUT2D eigenvalue weighted by atomic mass is 10.2. The highest BCUT2D eigenvalue weighted by Crippen LogP contribution is 2.15. The number of urea groups is 1. The molecule has 1 aromatic rings. The van der Waals surface area contributed by atoms with Crippen molar-refractivity contribution in [1.29, 1.82) is 0 Å². The molecule has 0 bridgehead atoms. The first-order chi connectivity index (χ1) is 10.8. The summed E-state index contributed by atoms with van der Waals surface area (Å²) < 4.78 is 32.9. The number of amides is 3. The quantitative estimate of drug-likeness (QED) is 0.607. The number of alkyl halides is 2. The predicted octanol–water partition coefficient (Wildman–Crippen LogP) is 1.43. The van der Waals surface area contributed by atoms with E-state index in [9.17, 15) is 23.2 Å². The first-order valence-corrected chi connectivity index (χ1v) is 6.32. The zero-order chi connectivity index (χ0) is 17.4. The summed E-state index contributed by atoms with van der Waals surface area (Å²) in [6.45, 7) is -1.65. The van der Waals surface area contributed by atoms with Gasteiger partial charge in [-0.3, -0.25) is 10.1 Å². The van der Waals surface area contributed by atoms with E-state index in [1.165, 1.54) is 37.3 Å². The van der Waals surface area contributed by atoms with Crippen LogP contribution < -0.4 is 15.8 Å². The summed E-state index contributed by atoms with van der Waals surface area (Å²) in [6, 6.07) is 4.45. The maximum absolute atomic E-state index is 12.0. The van der Waals surface area contributed by atoms with Crippen LogP contribution in [0.15, 0.2) is 30.3 Å². The Labute approximate surface area is 130 Å². The minimum Gasteiger partial charge on any atom is -0.449 e. The van der Waals surface area contributed by atoms with Gasteiger partial charge in [-0.15, -0.1) is 0 Å². The number of primary amides is 1. The van der Waals surface area contributed by atoms with Crippen LogP contribution in [0.2, 0.25) is 0 Å². The van der Waals surface area contributed by atoms with Gasteiger partial charge in [0.1, 0.15) is 5.75 Å². The predicted molar refractivity (Wildman–Crippen MR) is 75.4 cm³/mol. The molecular weight excluding hydrogens is 314 g/mol. The van der Waals surface area contributed by atoms with Crippen LogP contribution in [0.4, 0.5) is 13.6 Å². The van der Waals surface area contributed by atoms with Crippen molar-refractivity contribution < 1.29 is 32.6 Å². The van der Waals surface area contributed by atoms with Crippen molar-refractivity contribution >= 4 is 24.0 Å². The van der Waals surface area contributed by atoms with Crippen molar-refractivity contribution in [2.24, 2.45) is 5.73 Å². The molecule has 0 saturated heterocycles. The highest BCUT2D eigenvalue weighted by molar-refractivity contribution is 5.97. The molecule has 0 heterocycles. The molecule has 23 heavy (non-hydrogen) atoms. The summed E-state index contributed by atoms with van der Waals surface area (Å²) in [7, 11) is 0. The topological polar surface area (TPSA) is 108 Å².